The molecule has 328 valence electrons. The van der Waals surface area contributed by atoms with E-state index in [-0.39, 0.29) is 0 Å². The first-order valence-electron chi connectivity index (χ1n) is 24.2. The summed E-state index contributed by atoms with van der Waals surface area (Å²) < 4.78 is 7.38. The highest BCUT2D eigenvalue weighted by Crippen LogP contribution is 2.40. The first-order chi connectivity index (χ1) is 34.7. The second kappa shape index (κ2) is 16.1. The van der Waals surface area contributed by atoms with Gasteiger partial charge in [0.05, 0.1) is 33.1 Å². The van der Waals surface area contributed by atoms with Crippen LogP contribution in [0.25, 0.3) is 93.6 Å². The van der Waals surface area contributed by atoms with Gasteiger partial charge < -0.3 is 13.7 Å². The number of rotatable bonds is 8. The van der Waals surface area contributed by atoms with Crippen LogP contribution in [0.4, 0.5) is 0 Å². The minimum Gasteiger partial charge on any atom is -0.309 e. The Balaban J connectivity index is 1.02. The molecule has 4 heteroatoms. The van der Waals surface area contributed by atoms with Gasteiger partial charge >= 0.3 is 0 Å². The minimum absolute atomic E-state index is 1.12. The second-order valence-electron chi connectivity index (χ2n) is 18.5. The van der Waals surface area contributed by atoms with Crippen molar-refractivity contribution in [2.24, 2.45) is 0 Å². The lowest BCUT2D eigenvalue weighted by atomic mass is 10.1. The summed E-state index contributed by atoms with van der Waals surface area (Å²) in [4.78, 5) is 0. The lowest BCUT2D eigenvalue weighted by molar-refractivity contribution is 1.15. The van der Waals surface area contributed by atoms with Gasteiger partial charge in [-0.05, 0) is 98.6 Å². The highest BCUT2D eigenvalue weighted by Gasteiger charge is 2.41. The molecule has 3 nitrogen and oxygen atoms in total. The van der Waals surface area contributed by atoms with E-state index in [0.29, 0.717) is 0 Å². The van der Waals surface area contributed by atoms with Crippen molar-refractivity contribution >= 4 is 94.2 Å². The van der Waals surface area contributed by atoms with E-state index >= 15 is 0 Å². The van der Waals surface area contributed by atoms with E-state index in [4.69, 9.17) is 0 Å². The molecule has 0 N–H and O–H groups in total. The number of hydrogen-bond acceptors (Lipinski definition) is 0. The molecular formula is C66H45N3Si. The summed E-state index contributed by atoms with van der Waals surface area (Å²) in [6.45, 7) is 0. The van der Waals surface area contributed by atoms with E-state index in [9.17, 15) is 0 Å². The van der Waals surface area contributed by atoms with Crippen LogP contribution in [0.1, 0.15) is 0 Å². The first-order valence-corrected chi connectivity index (χ1v) is 26.2. The monoisotopic (exact) mass is 907 g/mol. The SMILES string of the molecule is c1ccc(-c2cccc(-n3c4ccc(-n5c6ccccc6c6ccccc65)cc4c4ccc(-n5c6ccccc6c6cc([Si](c7ccccc7)(c7ccccc7)c7ccccc7)ccc65)cc43)c2)cc1. The molecule has 11 aromatic carbocycles. The van der Waals surface area contributed by atoms with Crippen LogP contribution in [0.5, 0.6) is 0 Å². The predicted molar refractivity (Wildman–Crippen MR) is 299 cm³/mol. The second-order valence-corrected chi connectivity index (χ2v) is 22.3. The van der Waals surface area contributed by atoms with E-state index in [1.807, 2.05) is 0 Å². The van der Waals surface area contributed by atoms with Gasteiger partial charge in [-0.3, -0.25) is 0 Å². The lowest BCUT2D eigenvalue weighted by Crippen LogP contribution is -2.74. The maximum Gasteiger partial charge on any atom is 0.179 e. The van der Waals surface area contributed by atoms with Crippen LogP contribution in [-0.4, -0.2) is 21.8 Å². The molecule has 0 radical (unpaired) electrons. The Labute approximate surface area is 407 Å². The third kappa shape index (κ3) is 6.07. The summed E-state index contributed by atoms with van der Waals surface area (Å²) in [6.07, 6.45) is 0. The number of nitrogens with zero attached hydrogens (tertiary/aromatic N) is 3. The van der Waals surface area contributed by atoms with Crippen molar-refractivity contribution < 1.29 is 0 Å². The van der Waals surface area contributed by atoms with Crippen molar-refractivity contribution in [3.8, 4) is 28.2 Å². The molecule has 3 aromatic heterocycles. The topological polar surface area (TPSA) is 14.8 Å². The highest BCUT2D eigenvalue weighted by molar-refractivity contribution is 7.20. The van der Waals surface area contributed by atoms with Gasteiger partial charge in [-0.15, -0.1) is 0 Å². The predicted octanol–water partition coefficient (Wildman–Crippen LogP) is 14.0. The summed E-state index contributed by atoms with van der Waals surface area (Å²) in [5, 5.41) is 12.9. The number of para-hydroxylation sites is 3. The molecular weight excluding hydrogens is 863 g/mol. The maximum absolute atomic E-state index is 2.77. The van der Waals surface area contributed by atoms with Gasteiger partial charge in [0, 0.05) is 49.4 Å². The fraction of sp³-hybridized carbons (Fsp3) is 0. The Morgan fingerprint density at radius 3 is 1.16 bits per heavy atom. The third-order valence-corrected chi connectivity index (χ3v) is 19.5. The Bertz CT molecular complexity index is 4130. The Hall–Kier alpha value is -8.96. The smallest absolute Gasteiger partial charge is 0.179 e. The number of fused-ring (bicyclic) bond motifs is 9. The zero-order valence-corrected chi connectivity index (χ0v) is 39.3. The molecule has 3 heterocycles. The highest BCUT2D eigenvalue weighted by atomic mass is 28.3. The van der Waals surface area contributed by atoms with Crippen LogP contribution >= 0.6 is 0 Å². The van der Waals surface area contributed by atoms with Crippen molar-refractivity contribution in [3.05, 3.63) is 273 Å². The maximum atomic E-state index is 2.52. The van der Waals surface area contributed by atoms with Crippen LogP contribution in [0.2, 0.25) is 0 Å². The summed E-state index contributed by atoms with van der Waals surface area (Å²) in [5.41, 5.74) is 12.9. The molecule has 14 aromatic rings. The average Bonchev–Trinajstić information content (AvgIpc) is 4.07. The molecule has 0 aliphatic carbocycles. The summed E-state index contributed by atoms with van der Waals surface area (Å²) >= 11 is 0. The van der Waals surface area contributed by atoms with Crippen molar-refractivity contribution in [2.75, 3.05) is 0 Å². The Kier molecular flexibility index (Phi) is 9.23. The van der Waals surface area contributed by atoms with Crippen LogP contribution < -0.4 is 20.7 Å². The van der Waals surface area contributed by atoms with Crippen LogP contribution in [-0.2, 0) is 0 Å². The summed E-state index contributed by atoms with van der Waals surface area (Å²) in [6, 6.07) is 101. The van der Waals surface area contributed by atoms with Gasteiger partial charge in [-0.25, -0.2) is 0 Å². The Morgan fingerprint density at radius 2 is 0.586 bits per heavy atom. The van der Waals surface area contributed by atoms with E-state index < -0.39 is 8.07 Å². The fourth-order valence-corrected chi connectivity index (χ4v) is 16.5. The molecule has 0 aliphatic rings. The normalized spacial score (nSPS) is 12.0. The zero-order chi connectivity index (χ0) is 46.2. The number of hydrogen-bond donors (Lipinski definition) is 0. The van der Waals surface area contributed by atoms with E-state index in [2.05, 4.69) is 287 Å². The van der Waals surface area contributed by atoms with Crippen molar-refractivity contribution in [1.29, 1.82) is 0 Å². The van der Waals surface area contributed by atoms with Gasteiger partial charge in [0.15, 0.2) is 8.07 Å². The largest absolute Gasteiger partial charge is 0.309 e. The first kappa shape index (κ1) is 40.1. The van der Waals surface area contributed by atoms with Gasteiger partial charge in [0.1, 0.15) is 0 Å². The molecule has 0 atom stereocenters. The Morgan fingerprint density at radius 1 is 0.200 bits per heavy atom. The molecule has 0 bridgehead atoms. The molecule has 0 unspecified atom stereocenters. The minimum atomic E-state index is -2.77. The molecule has 70 heavy (non-hydrogen) atoms. The molecule has 0 fully saturated rings. The molecule has 0 aliphatic heterocycles. The molecule has 0 amide bonds. The van der Waals surface area contributed by atoms with Gasteiger partial charge in [0.25, 0.3) is 0 Å². The van der Waals surface area contributed by atoms with E-state index in [1.165, 1.54) is 86.3 Å². The van der Waals surface area contributed by atoms with Gasteiger partial charge in [0.2, 0.25) is 0 Å². The standard InChI is InChI=1S/C66H45N3Si/c1-5-20-46(21-6-1)47-22-19-23-48(42-47)69-64-40-37-49(67-61-33-16-13-30-55(61)56-31-14-17-34-62(56)67)43-59(64)58-39-36-50(44-66(58)69)68-63-35-18-15-32-57(63)60-45-54(38-41-65(60)68)70(51-24-7-2-8-25-51,52-26-9-3-10-27-52)53-28-11-4-12-29-53/h1-45H. The van der Waals surface area contributed by atoms with Crippen LogP contribution in [0.3, 0.4) is 0 Å². The number of benzene rings is 11. The fourth-order valence-electron chi connectivity index (χ4n) is 11.8. The molecule has 14 rings (SSSR count). The van der Waals surface area contributed by atoms with E-state index in [1.54, 1.807) is 0 Å². The molecule has 0 saturated heterocycles. The number of aromatic nitrogens is 3. The van der Waals surface area contributed by atoms with Crippen molar-refractivity contribution in [2.45, 2.75) is 0 Å². The molecule has 0 saturated carbocycles. The quantitative estimate of drug-likeness (QED) is 0.107. The van der Waals surface area contributed by atoms with Crippen molar-refractivity contribution in [3.63, 3.8) is 0 Å². The van der Waals surface area contributed by atoms with Gasteiger partial charge in [-0.2, -0.15) is 0 Å². The third-order valence-electron chi connectivity index (χ3n) is 14.8. The zero-order valence-electron chi connectivity index (χ0n) is 38.3. The van der Waals surface area contributed by atoms with Gasteiger partial charge in [-0.1, -0.05) is 206 Å². The van der Waals surface area contributed by atoms with Crippen LogP contribution in [0, 0.1) is 0 Å². The van der Waals surface area contributed by atoms with Crippen molar-refractivity contribution in [1.82, 2.24) is 13.7 Å². The van der Waals surface area contributed by atoms with Crippen LogP contribution in [0.15, 0.2) is 273 Å². The molecule has 0 spiro atoms. The van der Waals surface area contributed by atoms with E-state index in [0.717, 1.165) is 28.1 Å². The lowest BCUT2D eigenvalue weighted by Gasteiger charge is -2.34. The summed E-state index contributed by atoms with van der Waals surface area (Å²) in [5.74, 6) is 0. The average molecular weight is 908 g/mol. The summed E-state index contributed by atoms with van der Waals surface area (Å²) in [7, 11) is -2.77.